The lowest BCUT2D eigenvalue weighted by molar-refractivity contribution is -0.136. The van der Waals surface area contributed by atoms with Gasteiger partial charge in [0.25, 0.3) is 0 Å². The molecule has 0 aromatic heterocycles. The molecule has 0 unspecified atom stereocenters. The predicted molar refractivity (Wildman–Crippen MR) is 84.0 cm³/mol. The van der Waals surface area contributed by atoms with E-state index in [1.54, 1.807) is 26.1 Å². The molecule has 2 aliphatic heterocycles. The van der Waals surface area contributed by atoms with Crippen LogP contribution in [0.2, 0.25) is 0 Å². The van der Waals surface area contributed by atoms with Crippen LogP contribution in [0.15, 0.2) is 27.9 Å². The van der Waals surface area contributed by atoms with Crippen molar-refractivity contribution in [2.45, 2.75) is 13.0 Å². The number of urea groups is 1. The number of esters is 1. The Morgan fingerprint density at radius 3 is 2.70 bits per heavy atom. The fourth-order valence-electron chi connectivity index (χ4n) is 2.60. The van der Waals surface area contributed by atoms with Crippen LogP contribution in [0.5, 0.6) is 11.5 Å². The van der Waals surface area contributed by atoms with Gasteiger partial charge in [0.15, 0.2) is 11.5 Å². The van der Waals surface area contributed by atoms with Gasteiger partial charge in [-0.3, -0.25) is 0 Å². The Balaban J connectivity index is 2.13. The molecule has 7 nitrogen and oxygen atoms in total. The standard InChI is InChI=1S/C15H15BrN2O5/c1-7-12(14(19)21-3)13(17-15(20)18(7)2)8-4-10-11(5-9(8)16)23-6-22-10/h4-5,13H,6H2,1-3H3,(H,17,20)/t13-/m1/s1. The maximum absolute atomic E-state index is 12.2. The van der Waals surface area contributed by atoms with Crippen LogP contribution in [-0.2, 0) is 9.53 Å². The van der Waals surface area contributed by atoms with Crippen molar-refractivity contribution >= 4 is 27.9 Å². The lowest BCUT2D eigenvalue weighted by atomic mass is 9.94. The van der Waals surface area contributed by atoms with Crippen LogP contribution in [0.1, 0.15) is 18.5 Å². The number of ether oxygens (including phenoxy) is 3. The molecule has 1 aromatic carbocycles. The van der Waals surface area contributed by atoms with Gasteiger partial charge >= 0.3 is 12.0 Å². The van der Waals surface area contributed by atoms with E-state index in [1.807, 2.05) is 0 Å². The second-order valence-electron chi connectivity index (χ2n) is 5.16. The number of amides is 2. The Bertz CT molecular complexity index is 731. The number of nitrogens with zero attached hydrogens (tertiary/aromatic N) is 1. The zero-order valence-corrected chi connectivity index (χ0v) is 14.4. The van der Waals surface area contributed by atoms with Crippen molar-refractivity contribution in [3.05, 3.63) is 33.4 Å². The zero-order valence-electron chi connectivity index (χ0n) is 12.8. The Kier molecular flexibility index (Phi) is 3.93. The Hall–Kier alpha value is -2.22. The van der Waals surface area contributed by atoms with E-state index in [9.17, 15) is 9.59 Å². The summed E-state index contributed by atoms with van der Waals surface area (Å²) in [5.41, 5.74) is 1.60. The summed E-state index contributed by atoms with van der Waals surface area (Å²) in [6, 6.07) is 2.56. The largest absolute Gasteiger partial charge is 0.466 e. The second kappa shape index (κ2) is 5.77. The van der Waals surface area contributed by atoms with Crippen molar-refractivity contribution in [3.63, 3.8) is 0 Å². The highest BCUT2D eigenvalue weighted by molar-refractivity contribution is 9.10. The lowest BCUT2D eigenvalue weighted by Gasteiger charge is -2.33. The summed E-state index contributed by atoms with van der Waals surface area (Å²) in [5.74, 6) is 0.683. The number of hydrogen-bond donors (Lipinski definition) is 1. The van der Waals surface area contributed by atoms with Crippen molar-refractivity contribution in [3.8, 4) is 11.5 Å². The molecule has 2 heterocycles. The van der Waals surface area contributed by atoms with Crippen LogP contribution >= 0.6 is 15.9 Å². The van der Waals surface area contributed by atoms with Gasteiger partial charge in [0.05, 0.1) is 18.7 Å². The van der Waals surface area contributed by atoms with Crippen LogP contribution in [0.4, 0.5) is 4.79 Å². The summed E-state index contributed by atoms with van der Waals surface area (Å²) >= 11 is 3.46. The molecule has 0 saturated carbocycles. The molecule has 0 fully saturated rings. The highest BCUT2D eigenvalue weighted by Gasteiger charge is 2.36. The van der Waals surface area contributed by atoms with Gasteiger partial charge in [-0.2, -0.15) is 0 Å². The van der Waals surface area contributed by atoms with Crippen molar-refractivity contribution in [2.24, 2.45) is 0 Å². The summed E-state index contributed by atoms with van der Waals surface area (Å²) < 4.78 is 16.3. The van der Waals surface area contributed by atoms with Gasteiger partial charge in [-0.15, -0.1) is 0 Å². The van der Waals surface area contributed by atoms with Crippen molar-refractivity contribution in [1.82, 2.24) is 10.2 Å². The van der Waals surface area contributed by atoms with E-state index >= 15 is 0 Å². The van der Waals surface area contributed by atoms with E-state index < -0.39 is 12.0 Å². The molecule has 1 atom stereocenters. The van der Waals surface area contributed by atoms with Crippen LogP contribution in [0.3, 0.4) is 0 Å². The summed E-state index contributed by atoms with van der Waals surface area (Å²) in [6.07, 6.45) is 0. The van der Waals surface area contributed by atoms with Crippen molar-refractivity contribution in [2.75, 3.05) is 21.0 Å². The van der Waals surface area contributed by atoms with E-state index in [0.717, 1.165) is 0 Å². The predicted octanol–water partition coefficient (Wildman–Crippen LogP) is 2.32. The van der Waals surface area contributed by atoms with Crippen LogP contribution in [0.25, 0.3) is 0 Å². The number of halogens is 1. The number of hydrogen-bond acceptors (Lipinski definition) is 5. The maximum atomic E-state index is 12.2. The summed E-state index contributed by atoms with van der Waals surface area (Å²) in [7, 11) is 2.91. The molecule has 122 valence electrons. The van der Waals surface area contributed by atoms with Crippen LogP contribution < -0.4 is 14.8 Å². The average Bonchev–Trinajstić information content (AvgIpc) is 2.98. The first kappa shape index (κ1) is 15.7. The van der Waals surface area contributed by atoms with E-state index in [4.69, 9.17) is 14.2 Å². The smallest absolute Gasteiger partial charge is 0.337 e. The second-order valence-corrected chi connectivity index (χ2v) is 6.01. The number of carbonyl (C=O) groups is 2. The normalized spacial score (nSPS) is 19.7. The Morgan fingerprint density at radius 2 is 2.04 bits per heavy atom. The molecule has 0 aliphatic carbocycles. The van der Waals surface area contributed by atoms with E-state index in [-0.39, 0.29) is 12.8 Å². The Labute approximate surface area is 141 Å². The fraction of sp³-hybridized carbons (Fsp3) is 0.333. The molecule has 3 rings (SSSR count). The van der Waals surface area contributed by atoms with Gasteiger partial charge in [0.1, 0.15) is 0 Å². The zero-order chi connectivity index (χ0) is 16.7. The minimum absolute atomic E-state index is 0.143. The van der Waals surface area contributed by atoms with Gasteiger partial charge < -0.3 is 24.4 Å². The average molecular weight is 383 g/mol. The third-order valence-corrected chi connectivity index (χ3v) is 4.65. The first-order chi connectivity index (χ1) is 10.9. The molecule has 0 radical (unpaired) electrons. The van der Waals surface area contributed by atoms with Gasteiger partial charge in [0.2, 0.25) is 6.79 Å². The molecule has 0 saturated heterocycles. The third kappa shape index (κ3) is 2.52. The SMILES string of the molecule is COC(=O)C1=C(C)N(C)C(=O)N[C@@H]1c1cc2c(cc1Br)OCO2. The quantitative estimate of drug-likeness (QED) is 0.794. The van der Waals surface area contributed by atoms with E-state index in [0.29, 0.717) is 32.8 Å². The number of methoxy groups -OCH3 is 1. The van der Waals surface area contributed by atoms with Gasteiger partial charge in [-0.25, -0.2) is 9.59 Å². The number of fused-ring (bicyclic) bond motifs is 1. The summed E-state index contributed by atoms with van der Waals surface area (Å²) in [6.45, 7) is 1.85. The van der Waals surface area contributed by atoms with Crippen molar-refractivity contribution < 1.29 is 23.8 Å². The number of nitrogens with one attached hydrogen (secondary N) is 1. The molecule has 0 spiro atoms. The highest BCUT2D eigenvalue weighted by Crippen LogP contribution is 2.42. The van der Waals surface area contributed by atoms with E-state index in [2.05, 4.69) is 21.2 Å². The van der Waals surface area contributed by atoms with Gasteiger partial charge in [0, 0.05) is 17.2 Å². The fourth-order valence-corrected chi connectivity index (χ4v) is 3.15. The maximum Gasteiger partial charge on any atom is 0.337 e. The topological polar surface area (TPSA) is 77.1 Å². The summed E-state index contributed by atoms with van der Waals surface area (Å²) in [4.78, 5) is 25.8. The molecule has 2 amide bonds. The number of carbonyl (C=O) groups excluding carboxylic acids is 2. The molecular formula is C15H15BrN2O5. The minimum Gasteiger partial charge on any atom is -0.466 e. The highest BCUT2D eigenvalue weighted by atomic mass is 79.9. The van der Waals surface area contributed by atoms with Gasteiger partial charge in [-0.05, 0) is 24.6 Å². The Morgan fingerprint density at radius 1 is 1.39 bits per heavy atom. The minimum atomic E-state index is -0.643. The number of benzene rings is 1. The third-order valence-electron chi connectivity index (χ3n) is 3.96. The molecule has 1 N–H and O–H groups in total. The molecule has 1 aromatic rings. The first-order valence-electron chi connectivity index (χ1n) is 6.86. The van der Waals surface area contributed by atoms with Crippen LogP contribution in [-0.4, -0.2) is 37.9 Å². The number of rotatable bonds is 2. The molecule has 8 heteroatoms. The van der Waals surface area contributed by atoms with E-state index in [1.165, 1.54) is 12.0 Å². The molecule has 2 aliphatic rings. The monoisotopic (exact) mass is 382 g/mol. The van der Waals surface area contributed by atoms with Crippen LogP contribution in [0, 0.1) is 0 Å². The lowest BCUT2D eigenvalue weighted by Crippen LogP contribution is -2.46. The number of allylic oxidation sites excluding steroid dienone is 1. The molecular weight excluding hydrogens is 368 g/mol. The summed E-state index contributed by atoms with van der Waals surface area (Å²) in [5, 5.41) is 2.81. The molecule has 0 bridgehead atoms. The van der Waals surface area contributed by atoms with Gasteiger partial charge in [-0.1, -0.05) is 15.9 Å². The van der Waals surface area contributed by atoms with Crippen molar-refractivity contribution in [1.29, 1.82) is 0 Å². The molecule has 23 heavy (non-hydrogen) atoms. The first-order valence-corrected chi connectivity index (χ1v) is 7.65.